The number of carbonyl (C=O) groups excluding carboxylic acids is 1. The van der Waals surface area contributed by atoms with Crippen LogP contribution in [0.2, 0.25) is 0 Å². The normalized spacial score (nSPS) is 15.2. The minimum Gasteiger partial charge on any atom is -0.466 e. The van der Waals surface area contributed by atoms with Crippen molar-refractivity contribution < 1.29 is 9.53 Å². The SMILES string of the molecule is COC(=O)/C1=C/c2ccccc2-c2cccc3c(C)c(C)n(c23)C1. The Morgan fingerprint density at radius 2 is 1.79 bits per heavy atom. The van der Waals surface area contributed by atoms with E-state index in [4.69, 9.17) is 4.74 Å². The highest BCUT2D eigenvalue weighted by atomic mass is 16.5. The Balaban J connectivity index is 2.14. The molecule has 4 rings (SSSR count). The summed E-state index contributed by atoms with van der Waals surface area (Å²) in [5.74, 6) is -0.275. The molecule has 3 nitrogen and oxygen atoms in total. The zero-order valence-corrected chi connectivity index (χ0v) is 14.1. The summed E-state index contributed by atoms with van der Waals surface area (Å²) in [5.41, 5.74) is 7.70. The van der Waals surface area contributed by atoms with E-state index < -0.39 is 0 Å². The third-order valence-corrected chi connectivity index (χ3v) is 5.01. The molecule has 2 aromatic carbocycles. The molecule has 2 heterocycles. The third-order valence-electron chi connectivity index (χ3n) is 5.01. The first-order chi connectivity index (χ1) is 11.6. The van der Waals surface area contributed by atoms with Crippen molar-refractivity contribution in [2.75, 3.05) is 7.11 Å². The van der Waals surface area contributed by atoms with E-state index in [9.17, 15) is 4.79 Å². The number of benzene rings is 2. The first-order valence-electron chi connectivity index (χ1n) is 8.08. The summed E-state index contributed by atoms with van der Waals surface area (Å²) in [6.07, 6.45) is 1.96. The molecule has 1 aliphatic heterocycles. The maximum absolute atomic E-state index is 12.3. The second kappa shape index (κ2) is 5.38. The maximum atomic E-state index is 12.3. The lowest BCUT2D eigenvalue weighted by molar-refractivity contribution is -0.136. The zero-order valence-electron chi connectivity index (χ0n) is 14.1. The quantitative estimate of drug-likeness (QED) is 0.619. The molecule has 0 radical (unpaired) electrons. The van der Waals surface area contributed by atoms with Crippen LogP contribution >= 0.6 is 0 Å². The Morgan fingerprint density at radius 3 is 2.58 bits per heavy atom. The van der Waals surface area contributed by atoms with Gasteiger partial charge in [-0.25, -0.2) is 4.79 Å². The Morgan fingerprint density at radius 1 is 1.04 bits per heavy atom. The maximum Gasteiger partial charge on any atom is 0.335 e. The molecule has 1 aromatic heterocycles. The molecule has 0 fully saturated rings. The number of carbonyl (C=O) groups is 1. The van der Waals surface area contributed by atoms with Crippen LogP contribution in [0, 0.1) is 13.8 Å². The fourth-order valence-corrected chi connectivity index (χ4v) is 3.64. The number of hydrogen-bond acceptors (Lipinski definition) is 2. The van der Waals surface area contributed by atoms with Gasteiger partial charge in [-0.05, 0) is 36.6 Å². The van der Waals surface area contributed by atoms with E-state index in [0.29, 0.717) is 12.1 Å². The van der Waals surface area contributed by atoms with Crippen molar-refractivity contribution in [2.45, 2.75) is 20.4 Å². The molecule has 24 heavy (non-hydrogen) atoms. The van der Waals surface area contributed by atoms with Crippen LogP contribution in [0.3, 0.4) is 0 Å². The van der Waals surface area contributed by atoms with Gasteiger partial charge in [-0.3, -0.25) is 0 Å². The van der Waals surface area contributed by atoms with Crippen LogP contribution in [-0.4, -0.2) is 17.6 Å². The van der Waals surface area contributed by atoms with Crippen molar-refractivity contribution in [3.63, 3.8) is 0 Å². The molecule has 0 saturated carbocycles. The van der Waals surface area contributed by atoms with Crippen molar-refractivity contribution in [1.29, 1.82) is 0 Å². The number of methoxy groups -OCH3 is 1. The van der Waals surface area contributed by atoms with Crippen LogP contribution in [0.1, 0.15) is 16.8 Å². The minimum absolute atomic E-state index is 0.275. The van der Waals surface area contributed by atoms with Crippen LogP contribution in [0.15, 0.2) is 48.0 Å². The zero-order chi connectivity index (χ0) is 16.8. The molecule has 1 aliphatic rings. The molecule has 120 valence electrons. The van der Waals surface area contributed by atoms with Gasteiger partial charge in [0.25, 0.3) is 0 Å². The van der Waals surface area contributed by atoms with Gasteiger partial charge in [-0.15, -0.1) is 0 Å². The predicted octanol–water partition coefficient (Wildman–Crippen LogP) is 4.50. The summed E-state index contributed by atoms with van der Waals surface area (Å²) < 4.78 is 7.25. The monoisotopic (exact) mass is 317 g/mol. The fourth-order valence-electron chi connectivity index (χ4n) is 3.64. The van der Waals surface area contributed by atoms with Crippen LogP contribution in [0.5, 0.6) is 0 Å². The van der Waals surface area contributed by atoms with Gasteiger partial charge in [-0.1, -0.05) is 42.5 Å². The third kappa shape index (κ3) is 2.01. The highest BCUT2D eigenvalue weighted by Gasteiger charge is 2.22. The summed E-state index contributed by atoms with van der Waals surface area (Å²) in [6, 6.07) is 14.6. The van der Waals surface area contributed by atoms with Crippen molar-refractivity contribution in [2.24, 2.45) is 0 Å². The lowest BCUT2D eigenvalue weighted by Crippen LogP contribution is -2.14. The number of aryl methyl sites for hydroxylation is 1. The number of rotatable bonds is 1. The molecule has 0 unspecified atom stereocenters. The van der Waals surface area contributed by atoms with Crippen molar-refractivity contribution >= 4 is 22.9 Å². The number of nitrogens with zero attached hydrogens (tertiary/aromatic N) is 1. The lowest BCUT2D eigenvalue weighted by atomic mass is 9.95. The Hall–Kier alpha value is -2.81. The summed E-state index contributed by atoms with van der Waals surface area (Å²) in [6.45, 7) is 4.78. The van der Waals surface area contributed by atoms with Gasteiger partial charge in [-0.2, -0.15) is 0 Å². The smallest absolute Gasteiger partial charge is 0.335 e. The molecule has 0 atom stereocenters. The summed E-state index contributed by atoms with van der Waals surface area (Å²) in [7, 11) is 1.44. The van der Waals surface area contributed by atoms with Gasteiger partial charge in [0.15, 0.2) is 0 Å². The summed E-state index contributed by atoms with van der Waals surface area (Å²) >= 11 is 0. The van der Waals surface area contributed by atoms with Crippen LogP contribution in [-0.2, 0) is 16.1 Å². The van der Waals surface area contributed by atoms with Gasteiger partial charge >= 0.3 is 5.97 Å². The number of aromatic nitrogens is 1. The number of ether oxygens (including phenoxy) is 1. The molecule has 0 saturated heterocycles. The van der Waals surface area contributed by atoms with E-state index in [2.05, 4.69) is 48.7 Å². The number of para-hydroxylation sites is 1. The molecule has 0 aliphatic carbocycles. The van der Waals surface area contributed by atoms with Crippen LogP contribution in [0.4, 0.5) is 0 Å². The number of esters is 1. The first-order valence-corrected chi connectivity index (χ1v) is 8.08. The highest BCUT2D eigenvalue weighted by molar-refractivity contribution is 6.02. The Kier molecular flexibility index (Phi) is 3.31. The highest BCUT2D eigenvalue weighted by Crippen LogP contribution is 2.38. The molecule has 3 heteroatoms. The predicted molar refractivity (Wildman–Crippen MR) is 96.8 cm³/mol. The van der Waals surface area contributed by atoms with Crippen LogP contribution < -0.4 is 0 Å². The van der Waals surface area contributed by atoms with Crippen molar-refractivity contribution in [3.05, 3.63) is 64.9 Å². The van der Waals surface area contributed by atoms with Gasteiger partial charge in [0.2, 0.25) is 0 Å². The molecule has 0 amide bonds. The fraction of sp³-hybridized carbons (Fsp3) is 0.190. The average molecular weight is 317 g/mol. The standard InChI is InChI=1S/C21H19NO2/c1-13-14(2)22-12-16(21(23)24-3)11-15-7-4-5-8-18(15)19-10-6-9-17(13)20(19)22/h4-11H,12H2,1-3H3/b16-11+. The first kappa shape index (κ1) is 14.8. The summed E-state index contributed by atoms with van der Waals surface area (Å²) in [5, 5.41) is 1.24. The van der Waals surface area contributed by atoms with E-state index in [-0.39, 0.29) is 5.97 Å². The average Bonchev–Trinajstić information content (AvgIpc) is 2.84. The Bertz CT molecular complexity index is 1010. The number of fused-ring (bicyclic) bond motifs is 2. The molecular formula is C21H19NO2. The Labute approximate surface area is 141 Å². The van der Waals surface area contributed by atoms with E-state index in [1.807, 2.05) is 18.2 Å². The van der Waals surface area contributed by atoms with Gasteiger partial charge in [0, 0.05) is 16.6 Å². The minimum atomic E-state index is -0.275. The van der Waals surface area contributed by atoms with E-state index in [1.54, 1.807) is 0 Å². The second-order valence-corrected chi connectivity index (χ2v) is 6.25. The molecular weight excluding hydrogens is 298 g/mol. The second-order valence-electron chi connectivity index (χ2n) is 6.25. The van der Waals surface area contributed by atoms with Gasteiger partial charge in [0.05, 0.1) is 24.7 Å². The van der Waals surface area contributed by atoms with Crippen molar-refractivity contribution in [1.82, 2.24) is 4.57 Å². The van der Waals surface area contributed by atoms with Crippen molar-refractivity contribution in [3.8, 4) is 11.1 Å². The lowest BCUT2D eigenvalue weighted by Gasteiger charge is -2.18. The molecule has 3 aromatic rings. The number of hydrogen-bond donors (Lipinski definition) is 0. The van der Waals surface area contributed by atoms with E-state index in [0.717, 1.165) is 11.1 Å². The largest absolute Gasteiger partial charge is 0.466 e. The van der Waals surface area contributed by atoms with E-state index in [1.165, 1.54) is 34.8 Å². The van der Waals surface area contributed by atoms with E-state index >= 15 is 0 Å². The topological polar surface area (TPSA) is 31.2 Å². The summed E-state index contributed by atoms with van der Waals surface area (Å²) in [4.78, 5) is 12.3. The van der Waals surface area contributed by atoms with Crippen LogP contribution in [0.25, 0.3) is 28.1 Å². The van der Waals surface area contributed by atoms with Gasteiger partial charge < -0.3 is 9.30 Å². The molecule has 0 bridgehead atoms. The van der Waals surface area contributed by atoms with Gasteiger partial charge in [0.1, 0.15) is 0 Å². The molecule has 0 spiro atoms. The molecule has 0 N–H and O–H groups in total.